The predicted molar refractivity (Wildman–Crippen MR) is 103 cm³/mol. The number of benzene rings is 2. The van der Waals surface area contributed by atoms with E-state index in [9.17, 15) is 9.50 Å². The molecule has 0 fully saturated rings. The zero-order chi connectivity index (χ0) is 19.3. The van der Waals surface area contributed by atoms with E-state index in [1.807, 2.05) is 30.3 Å². The number of hydrogen-bond acceptors (Lipinski definition) is 6. The Hall–Kier alpha value is -3.52. The van der Waals surface area contributed by atoms with Crippen LogP contribution in [0.2, 0.25) is 0 Å². The number of para-hydroxylation sites is 1. The molecule has 28 heavy (non-hydrogen) atoms. The van der Waals surface area contributed by atoms with E-state index in [0.29, 0.717) is 17.2 Å². The molecule has 2 aromatic heterocycles. The molecule has 2 aromatic carbocycles. The summed E-state index contributed by atoms with van der Waals surface area (Å²) in [5.74, 6) is 0.737. The van der Waals surface area contributed by atoms with E-state index in [2.05, 4.69) is 20.4 Å². The predicted octanol–water partition coefficient (Wildman–Crippen LogP) is 2.81. The minimum Gasteiger partial charge on any atom is -0.491 e. The van der Waals surface area contributed by atoms with Crippen LogP contribution < -0.4 is 10.1 Å². The largest absolute Gasteiger partial charge is 0.491 e. The quantitative estimate of drug-likeness (QED) is 0.514. The number of rotatable bonds is 7. The minimum atomic E-state index is -0.778. The van der Waals surface area contributed by atoms with Crippen molar-refractivity contribution in [1.29, 1.82) is 0 Å². The molecule has 4 aromatic rings. The molecule has 7 nitrogen and oxygen atoms in total. The lowest BCUT2D eigenvalue weighted by Gasteiger charge is -2.14. The van der Waals surface area contributed by atoms with Crippen LogP contribution in [0.25, 0.3) is 16.7 Å². The van der Waals surface area contributed by atoms with E-state index in [4.69, 9.17) is 4.74 Å². The minimum absolute atomic E-state index is 0.0656. The monoisotopic (exact) mass is 379 g/mol. The maximum atomic E-state index is 12.9. The van der Waals surface area contributed by atoms with E-state index in [-0.39, 0.29) is 19.0 Å². The van der Waals surface area contributed by atoms with Gasteiger partial charge in [-0.15, -0.1) is 0 Å². The highest BCUT2D eigenvalue weighted by Crippen LogP contribution is 2.21. The average Bonchev–Trinajstić information content (AvgIpc) is 3.17. The molecule has 0 aliphatic heterocycles. The molecule has 0 saturated carbocycles. The van der Waals surface area contributed by atoms with Gasteiger partial charge in [0, 0.05) is 6.54 Å². The summed E-state index contributed by atoms with van der Waals surface area (Å²) in [5, 5.41) is 18.4. The molecule has 0 aliphatic rings. The molecule has 0 saturated heterocycles. The van der Waals surface area contributed by atoms with Crippen LogP contribution in [0.15, 0.2) is 67.1 Å². The molecular formula is C20H18FN5O2. The Kier molecular flexibility index (Phi) is 5.11. The van der Waals surface area contributed by atoms with Crippen LogP contribution in [-0.4, -0.2) is 44.1 Å². The molecule has 2 N–H and O–H groups in total. The van der Waals surface area contributed by atoms with Crippen molar-refractivity contribution in [3.05, 3.63) is 72.9 Å². The number of halogens is 1. The molecule has 142 valence electrons. The van der Waals surface area contributed by atoms with Crippen molar-refractivity contribution >= 4 is 16.9 Å². The summed E-state index contributed by atoms with van der Waals surface area (Å²) >= 11 is 0. The number of aliphatic hydroxyl groups excluding tert-OH is 1. The van der Waals surface area contributed by atoms with Gasteiger partial charge in [0.1, 0.15) is 36.4 Å². The Morgan fingerprint density at radius 1 is 1.07 bits per heavy atom. The maximum absolute atomic E-state index is 12.9. The van der Waals surface area contributed by atoms with Crippen molar-refractivity contribution in [3.8, 4) is 11.4 Å². The van der Waals surface area contributed by atoms with Gasteiger partial charge in [0.25, 0.3) is 0 Å². The summed E-state index contributed by atoms with van der Waals surface area (Å²) in [6, 6.07) is 15.3. The first-order valence-electron chi connectivity index (χ1n) is 8.75. The number of hydrogen-bond donors (Lipinski definition) is 2. The third-order valence-corrected chi connectivity index (χ3v) is 4.13. The van der Waals surface area contributed by atoms with E-state index < -0.39 is 6.10 Å². The van der Waals surface area contributed by atoms with Gasteiger partial charge in [-0.2, -0.15) is 5.10 Å². The molecule has 1 atom stereocenters. The van der Waals surface area contributed by atoms with Crippen molar-refractivity contribution < 1.29 is 14.2 Å². The van der Waals surface area contributed by atoms with Gasteiger partial charge in [0.2, 0.25) is 0 Å². The summed E-state index contributed by atoms with van der Waals surface area (Å²) in [4.78, 5) is 8.56. The van der Waals surface area contributed by atoms with Crippen LogP contribution in [0.5, 0.6) is 5.75 Å². The summed E-state index contributed by atoms with van der Waals surface area (Å²) < 4.78 is 20.1. The molecule has 1 unspecified atom stereocenters. The van der Waals surface area contributed by atoms with Crippen LogP contribution in [0, 0.1) is 5.82 Å². The van der Waals surface area contributed by atoms with Gasteiger partial charge in [0.05, 0.1) is 17.3 Å². The zero-order valence-corrected chi connectivity index (χ0v) is 14.9. The van der Waals surface area contributed by atoms with Crippen molar-refractivity contribution in [1.82, 2.24) is 19.7 Å². The fourth-order valence-corrected chi connectivity index (χ4v) is 2.74. The summed E-state index contributed by atoms with van der Waals surface area (Å²) in [7, 11) is 0. The van der Waals surface area contributed by atoms with Crippen molar-refractivity contribution in [2.75, 3.05) is 18.5 Å². The Bertz CT molecular complexity index is 1050. The number of nitrogens with one attached hydrogen (secondary N) is 1. The fraction of sp³-hybridized carbons (Fsp3) is 0.150. The maximum Gasteiger partial charge on any atom is 0.168 e. The SMILES string of the molecule is OC(CNc1ncnc2c1cnn2-c1ccccc1)COc1ccc(F)cc1. The normalized spacial score (nSPS) is 12.1. The van der Waals surface area contributed by atoms with E-state index in [0.717, 1.165) is 11.1 Å². The number of nitrogens with zero attached hydrogens (tertiary/aromatic N) is 4. The van der Waals surface area contributed by atoms with Gasteiger partial charge < -0.3 is 15.2 Å². The number of fused-ring (bicyclic) bond motifs is 1. The van der Waals surface area contributed by atoms with Crippen LogP contribution in [0.1, 0.15) is 0 Å². The van der Waals surface area contributed by atoms with Gasteiger partial charge in [-0.05, 0) is 36.4 Å². The van der Waals surface area contributed by atoms with Crippen molar-refractivity contribution in [2.24, 2.45) is 0 Å². The van der Waals surface area contributed by atoms with Gasteiger partial charge in [-0.1, -0.05) is 18.2 Å². The summed E-state index contributed by atoms with van der Waals surface area (Å²) in [5.41, 5.74) is 1.57. The number of anilines is 1. The van der Waals surface area contributed by atoms with Crippen molar-refractivity contribution in [3.63, 3.8) is 0 Å². The highest BCUT2D eigenvalue weighted by molar-refractivity contribution is 5.87. The van der Waals surface area contributed by atoms with E-state index >= 15 is 0 Å². The van der Waals surface area contributed by atoms with Gasteiger partial charge in [-0.3, -0.25) is 0 Å². The van der Waals surface area contributed by atoms with Crippen LogP contribution >= 0.6 is 0 Å². The number of aliphatic hydroxyl groups is 1. The smallest absolute Gasteiger partial charge is 0.168 e. The lowest BCUT2D eigenvalue weighted by Crippen LogP contribution is -2.26. The first-order chi connectivity index (χ1) is 13.7. The Balaban J connectivity index is 1.42. The summed E-state index contributed by atoms with van der Waals surface area (Å²) in [6.07, 6.45) is 2.36. The first kappa shape index (κ1) is 17.9. The van der Waals surface area contributed by atoms with E-state index in [1.54, 1.807) is 10.9 Å². The lowest BCUT2D eigenvalue weighted by molar-refractivity contribution is 0.117. The summed E-state index contributed by atoms with van der Waals surface area (Å²) in [6.45, 7) is 0.292. The second-order valence-electron chi connectivity index (χ2n) is 6.15. The molecular weight excluding hydrogens is 361 g/mol. The molecule has 0 bridgehead atoms. The molecule has 0 aliphatic carbocycles. The Morgan fingerprint density at radius 3 is 2.64 bits per heavy atom. The highest BCUT2D eigenvalue weighted by atomic mass is 19.1. The van der Waals surface area contributed by atoms with Gasteiger partial charge >= 0.3 is 0 Å². The Labute approximate surface area is 160 Å². The number of ether oxygens (including phenoxy) is 1. The lowest BCUT2D eigenvalue weighted by atomic mass is 10.3. The van der Waals surface area contributed by atoms with Crippen molar-refractivity contribution in [2.45, 2.75) is 6.10 Å². The molecule has 0 spiro atoms. The third-order valence-electron chi connectivity index (χ3n) is 4.13. The van der Waals surface area contributed by atoms with E-state index in [1.165, 1.54) is 30.6 Å². The second-order valence-corrected chi connectivity index (χ2v) is 6.15. The topological polar surface area (TPSA) is 85.1 Å². The molecule has 4 rings (SSSR count). The second kappa shape index (κ2) is 8.01. The standard InChI is InChI=1S/C20H18FN5O2/c21-14-6-8-17(9-7-14)28-12-16(27)10-22-19-18-11-25-26(20(18)24-13-23-19)15-4-2-1-3-5-15/h1-9,11,13,16,27H,10,12H2,(H,22,23,24). The zero-order valence-electron chi connectivity index (χ0n) is 14.9. The fourth-order valence-electron chi connectivity index (χ4n) is 2.74. The van der Waals surface area contributed by atoms with Gasteiger partial charge in [0.15, 0.2) is 5.65 Å². The van der Waals surface area contributed by atoms with Crippen LogP contribution in [0.4, 0.5) is 10.2 Å². The van der Waals surface area contributed by atoms with Crippen LogP contribution in [0.3, 0.4) is 0 Å². The third kappa shape index (κ3) is 3.91. The van der Waals surface area contributed by atoms with Gasteiger partial charge in [-0.25, -0.2) is 19.0 Å². The molecule has 2 heterocycles. The average molecular weight is 379 g/mol. The Morgan fingerprint density at radius 2 is 1.86 bits per heavy atom. The molecule has 8 heteroatoms. The number of aromatic nitrogens is 4. The van der Waals surface area contributed by atoms with Crippen LogP contribution in [-0.2, 0) is 0 Å². The molecule has 0 radical (unpaired) electrons. The highest BCUT2D eigenvalue weighted by Gasteiger charge is 2.12. The molecule has 0 amide bonds. The first-order valence-corrected chi connectivity index (χ1v) is 8.75.